The molecule has 19 heavy (non-hydrogen) atoms. The Morgan fingerprint density at radius 3 is 3.00 bits per heavy atom. The summed E-state index contributed by atoms with van der Waals surface area (Å²) < 4.78 is 10.6. The minimum Gasteiger partial charge on any atom is -0.468 e. The number of ether oxygens (including phenoxy) is 1. The first-order valence-electron chi connectivity index (χ1n) is 6.68. The molecule has 1 N–H and O–H groups in total. The smallest absolute Gasteiger partial charge is 0.410 e. The van der Waals surface area contributed by atoms with E-state index >= 15 is 0 Å². The zero-order chi connectivity index (χ0) is 13.9. The molecule has 0 spiro atoms. The van der Waals surface area contributed by atoms with E-state index in [0.717, 1.165) is 18.7 Å². The van der Waals surface area contributed by atoms with Crippen molar-refractivity contribution in [3.05, 3.63) is 24.2 Å². The van der Waals surface area contributed by atoms with Gasteiger partial charge < -0.3 is 19.4 Å². The van der Waals surface area contributed by atoms with Gasteiger partial charge in [0.05, 0.1) is 12.8 Å². The van der Waals surface area contributed by atoms with Gasteiger partial charge in [0.2, 0.25) is 0 Å². The fraction of sp³-hybridized carbons (Fsp3) is 0.643. The second-order valence-electron chi connectivity index (χ2n) is 5.87. The van der Waals surface area contributed by atoms with E-state index in [1.165, 1.54) is 0 Å². The van der Waals surface area contributed by atoms with Crippen LogP contribution in [-0.2, 0) is 11.3 Å². The summed E-state index contributed by atoms with van der Waals surface area (Å²) in [5, 5.41) is 3.39. The number of nitrogens with one attached hydrogen (secondary N) is 1. The first kappa shape index (κ1) is 13.9. The molecule has 1 aromatic heterocycles. The van der Waals surface area contributed by atoms with Gasteiger partial charge in [-0.15, -0.1) is 0 Å². The molecule has 1 aliphatic rings. The van der Waals surface area contributed by atoms with Crippen molar-refractivity contribution in [2.75, 3.05) is 13.1 Å². The van der Waals surface area contributed by atoms with Crippen LogP contribution in [0.3, 0.4) is 0 Å². The highest BCUT2D eigenvalue weighted by Gasteiger charge is 2.29. The predicted octanol–water partition coefficient (Wildman–Crippen LogP) is 2.38. The van der Waals surface area contributed by atoms with E-state index in [4.69, 9.17) is 9.15 Å². The maximum atomic E-state index is 11.9. The third kappa shape index (κ3) is 4.28. The first-order valence-corrected chi connectivity index (χ1v) is 6.68. The van der Waals surface area contributed by atoms with Gasteiger partial charge >= 0.3 is 6.09 Å². The molecule has 0 aromatic carbocycles. The molecule has 1 fully saturated rings. The number of nitrogens with zero attached hydrogens (tertiary/aromatic N) is 1. The molecule has 5 nitrogen and oxygen atoms in total. The van der Waals surface area contributed by atoms with Crippen LogP contribution in [0.2, 0.25) is 0 Å². The molecule has 1 saturated heterocycles. The lowest BCUT2D eigenvalue weighted by Gasteiger charge is -2.24. The standard InChI is InChI=1S/C14H22N2O3/c1-14(2,3)19-13(17)16-7-6-11(10-16)15-9-12-5-4-8-18-12/h4-5,8,11,15H,6-7,9-10H2,1-3H3. The lowest BCUT2D eigenvalue weighted by atomic mass is 10.2. The Hall–Kier alpha value is -1.49. The Bertz CT molecular complexity index is 409. The molecule has 1 amide bonds. The van der Waals surface area contributed by atoms with Crippen molar-refractivity contribution in [2.45, 2.75) is 45.4 Å². The Morgan fingerprint density at radius 2 is 2.37 bits per heavy atom. The second kappa shape index (κ2) is 5.65. The molecule has 0 radical (unpaired) electrons. The van der Waals surface area contributed by atoms with Gasteiger partial charge in [0.15, 0.2) is 0 Å². The molecule has 2 heterocycles. The van der Waals surface area contributed by atoms with Crippen LogP contribution in [0.1, 0.15) is 33.0 Å². The van der Waals surface area contributed by atoms with E-state index in [1.54, 1.807) is 11.2 Å². The lowest BCUT2D eigenvalue weighted by molar-refractivity contribution is 0.0291. The lowest BCUT2D eigenvalue weighted by Crippen LogP contribution is -2.38. The molecule has 1 unspecified atom stereocenters. The van der Waals surface area contributed by atoms with E-state index in [0.29, 0.717) is 19.1 Å². The fourth-order valence-electron chi connectivity index (χ4n) is 2.08. The quantitative estimate of drug-likeness (QED) is 0.912. The molecule has 0 saturated carbocycles. The Kier molecular flexibility index (Phi) is 4.14. The third-order valence-corrected chi connectivity index (χ3v) is 2.99. The van der Waals surface area contributed by atoms with Crippen molar-refractivity contribution in [1.29, 1.82) is 0 Å². The average Bonchev–Trinajstić information content (AvgIpc) is 2.96. The number of carbonyl (C=O) groups excluding carboxylic acids is 1. The maximum absolute atomic E-state index is 11.9. The van der Waals surface area contributed by atoms with Gasteiger partial charge in [0, 0.05) is 19.1 Å². The number of rotatable bonds is 3. The fourth-order valence-corrected chi connectivity index (χ4v) is 2.08. The van der Waals surface area contributed by atoms with Crippen LogP contribution in [0.25, 0.3) is 0 Å². The number of hydrogen-bond donors (Lipinski definition) is 1. The van der Waals surface area contributed by atoms with Crippen molar-refractivity contribution < 1.29 is 13.9 Å². The molecule has 0 aliphatic carbocycles. The van der Waals surface area contributed by atoms with Gasteiger partial charge in [0.25, 0.3) is 0 Å². The summed E-state index contributed by atoms with van der Waals surface area (Å²) >= 11 is 0. The molecule has 5 heteroatoms. The molecule has 2 rings (SSSR count). The van der Waals surface area contributed by atoms with Gasteiger partial charge in [-0.25, -0.2) is 4.79 Å². The number of furan rings is 1. The van der Waals surface area contributed by atoms with E-state index in [9.17, 15) is 4.79 Å². The summed E-state index contributed by atoms with van der Waals surface area (Å²) in [5.74, 6) is 0.913. The third-order valence-electron chi connectivity index (χ3n) is 2.99. The van der Waals surface area contributed by atoms with Gasteiger partial charge in [-0.1, -0.05) is 0 Å². The van der Waals surface area contributed by atoms with E-state index in [-0.39, 0.29) is 6.09 Å². The van der Waals surface area contributed by atoms with E-state index in [1.807, 2.05) is 32.9 Å². The van der Waals surface area contributed by atoms with Crippen molar-refractivity contribution in [3.63, 3.8) is 0 Å². The first-order chi connectivity index (χ1) is 8.94. The van der Waals surface area contributed by atoms with Gasteiger partial charge in [0.1, 0.15) is 11.4 Å². The van der Waals surface area contributed by atoms with Gasteiger partial charge in [-0.05, 0) is 39.3 Å². The molecular weight excluding hydrogens is 244 g/mol. The van der Waals surface area contributed by atoms with E-state index < -0.39 is 5.60 Å². The second-order valence-corrected chi connectivity index (χ2v) is 5.87. The minimum atomic E-state index is -0.434. The monoisotopic (exact) mass is 266 g/mol. The highest BCUT2D eigenvalue weighted by atomic mass is 16.6. The highest BCUT2D eigenvalue weighted by Crippen LogP contribution is 2.15. The van der Waals surface area contributed by atoms with Crippen molar-refractivity contribution in [3.8, 4) is 0 Å². The topological polar surface area (TPSA) is 54.7 Å². The predicted molar refractivity (Wildman–Crippen MR) is 71.8 cm³/mol. The Morgan fingerprint density at radius 1 is 1.58 bits per heavy atom. The van der Waals surface area contributed by atoms with Crippen LogP contribution in [0, 0.1) is 0 Å². The molecule has 1 atom stereocenters. The summed E-state index contributed by atoms with van der Waals surface area (Å²) in [6.45, 7) is 7.77. The highest BCUT2D eigenvalue weighted by molar-refractivity contribution is 5.68. The Balaban J connectivity index is 1.75. The molecule has 0 bridgehead atoms. The summed E-state index contributed by atoms with van der Waals surface area (Å²) in [6.07, 6.45) is 2.38. The molecule has 1 aromatic rings. The van der Waals surface area contributed by atoms with Gasteiger partial charge in [-0.3, -0.25) is 0 Å². The zero-order valence-electron chi connectivity index (χ0n) is 11.8. The number of hydrogen-bond acceptors (Lipinski definition) is 4. The van der Waals surface area contributed by atoms with Crippen LogP contribution < -0.4 is 5.32 Å². The summed E-state index contributed by atoms with van der Waals surface area (Å²) in [7, 11) is 0. The summed E-state index contributed by atoms with van der Waals surface area (Å²) in [5.41, 5.74) is -0.434. The zero-order valence-corrected chi connectivity index (χ0v) is 11.8. The summed E-state index contributed by atoms with van der Waals surface area (Å²) in [4.78, 5) is 13.7. The van der Waals surface area contributed by atoms with Crippen molar-refractivity contribution in [2.24, 2.45) is 0 Å². The maximum Gasteiger partial charge on any atom is 0.410 e. The average molecular weight is 266 g/mol. The van der Waals surface area contributed by atoms with Crippen LogP contribution in [-0.4, -0.2) is 35.7 Å². The SMILES string of the molecule is CC(C)(C)OC(=O)N1CCC(NCc2ccco2)C1. The van der Waals surface area contributed by atoms with Gasteiger partial charge in [-0.2, -0.15) is 0 Å². The Labute approximate surface area is 113 Å². The number of carbonyl (C=O) groups is 1. The summed E-state index contributed by atoms with van der Waals surface area (Å²) in [6, 6.07) is 4.12. The minimum absolute atomic E-state index is 0.227. The van der Waals surface area contributed by atoms with Crippen LogP contribution in [0.5, 0.6) is 0 Å². The van der Waals surface area contributed by atoms with Crippen molar-refractivity contribution in [1.82, 2.24) is 10.2 Å². The number of likely N-dealkylation sites (tertiary alicyclic amines) is 1. The normalized spacial score (nSPS) is 19.7. The van der Waals surface area contributed by atoms with Crippen LogP contribution in [0.15, 0.2) is 22.8 Å². The van der Waals surface area contributed by atoms with Crippen LogP contribution in [0.4, 0.5) is 4.79 Å². The van der Waals surface area contributed by atoms with Crippen LogP contribution >= 0.6 is 0 Å². The largest absolute Gasteiger partial charge is 0.468 e. The molecular formula is C14H22N2O3. The van der Waals surface area contributed by atoms with E-state index in [2.05, 4.69) is 5.32 Å². The molecule has 106 valence electrons. The van der Waals surface area contributed by atoms with Crippen molar-refractivity contribution >= 4 is 6.09 Å². The number of amides is 1. The molecule has 1 aliphatic heterocycles.